The molecule has 3 aromatic rings. The van der Waals surface area contributed by atoms with Crippen molar-refractivity contribution in [2.45, 2.75) is 24.3 Å². The van der Waals surface area contributed by atoms with Gasteiger partial charge in [-0.25, -0.2) is 13.4 Å². The third kappa shape index (κ3) is 5.44. The van der Waals surface area contributed by atoms with Crippen LogP contribution in [0.2, 0.25) is 0 Å². The summed E-state index contributed by atoms with van der Waals surface area (Å²) in [5, 5.41) is 28.1. The average molecular weight is 540 g/mol. The van der Waals surface area contributed by atoms with Crippen LogP contribution >= 0.6 is 0 Å². The predicted octanol–water partition coefficient (Wildman–Crippen LogP) is 4.01. The number of rotatable bonds is 8. The summed E-state index contributed by atoms with van der Waals surface area (Å²) in [7, 11) is -2.82. The standard InChI is InChI=1S/C24H21N5O8S/c1-15(30)27-24(17-5-9-21(37-2)10-6-17)14-23(25-27)16-3-7-18(8-4-16)26-38(35,36)22-12-19(28(31)32)11-20(13-22)29(33)34/h3-13,24,26H,14H2,1-2H3. The van der Waals surface area contributed by atoms with Gasteiger partial charge in [-0.15, -0.1) is 0 Å². The van der Waals surface area contributed by atoms with Gasteiger partial charge in [0.25, 0.3) is 21.4 Å². The van der Waals surface area contributed by atoms with Gasteiger partial charge in [0.2, 0.25) is 5.91 Å². The monoisotopic (exact) mass is 539 g/mol. The number of sulfonamides is 1. The van der Waals surface area contributed by atoms with Crippen molar-refractivity contribution < 1.29 is 27.8 Å². The Kier molecular flexibility index (Phi) is 7.08. The Morgan fingerprint density at radius 3 is 2.08 bits per heavy atom. The topological polar surface area (TPSA) is 174 Å². The second-order valence-electron chi connectivity index (χ2n) is 8.29. The SMILES string of the molecule is COc1ccc(C2CC(c3ccc(NS(=O)(=O)c4cc([N+](=O)[O-])cc([N+](=O)[O-])c4)cc3)=NN2C(C)=O)cc1. The van der Waals surface area contributed by atoms with E-state index in [2.05, 4.69) is 9.82 Å². The summed E-state index contributed by atoms with van der Waals surface area (Å²) in [5.74, 6) is 0.441. The van der Waals surface area contributed by atoms with Crippen LogP contribution in [0.4, 0.5) is 17.1 Å². The molecule has 0 fully saturated rings. The van der Waals surface area contributed by atoms with Gasteiger partial charge in [0.05, 0.1) is 34.8 Å². The molecule has 1 aliphatic rings. The molecule has 4 rings (SSSR count). The molecule has 0 aromatic heterocycles. The number of hydrogen-bond acceptors (Lipinski definition) is 9. The number of methoxy groups -OCH3 is 1. The molecule has 0 bridgehead atoms. The lowest BCUT2D eigenvalue weighted by Gasteiger charge is -2.20. The van der Waals surface area contributed by atoms with E-state index >= 15 is 0 Å². The lowest BCUT2D eigenvalue weighted by Crippen LogP contribution is -2.24. The van der Waals surface area contributed by atoms with E-state index < -0.39 is 36.1 Å². The largest absolute Gasteiger partial charge is 0.497 e. The van der Waals surface area contributed by atoms with Crippen LogP contribution in [0.5, 0.6) is 5.75 Å². The maximum absolute atomic E-state index is 12.8. The Hall–Kier alpha value is -4.85. The molecule has 0 aliphatic carbocycles. The number of hydrazone groups is 1. The van der Waals surface area contributed by atoms with Gasteiger partial charge in [-0.3, -0.25) is 29.7 Å². The summed E-state index contributed by atoms with van der Waals surface area (Å²) in [6.45, 7) is 1.42. The summed E-state index contributed by atoms with van der Waals surface area (Å²) < 4.78 is 33.1. The summed E-state index contributed by atoms with van der Waals surface area (Å²) in [6, 6.07) is 15.3. The first-order valence-electron chi connectivity index (χ1n) is 11.1. The van der Waals surface area contributed by atoms with Crippen LogP contribution in [0.25, 0.3) is 0 Å². The van der Waals surface area contributed by atoms with Crippen molar-refractivity contribution in [2.24, 2.45) is 5.10 Å². The van der Waals surface area contributed by atoms with E-state index in [-0.39, 0.29) is 17.6 Å². The Morgan fingerprint density at radius 1 is 1.00 bits per heavy atom. The van der Waals surface area contributed by atoms with E-state index in [1.165, 1.54) is 24.1 Å². The minimum absolute atomic E-state index is 0.122. The molecule has 1 heterocycles. The molecule has 1 atom stereocenters. The molecule has 1 aliphatic heterocycles. The first-order chi connectivity index (χ1) is 18.0. The molecule has 0 spiro atoms. The number of carbonyl (C=O) groups is 1. The summed E-state index contributed by atoms with van der Waals surface area (Å²) in [6.07, 6.45) is 0.425. The highest BCUT2D eigenvalue weighted by Gasteiger charge is 2.31. The number of amides is 1. The third-order valence-corrected chi connectivity index (χ3v) is 7.17. The number of nitrogens with zero attached hydrogens (tertiary/aromatic N) is 4. The predicted molar refractivity (Wildman–Crippen MR) is 136 cm³/mol. The highest BCUT2D eigenvalue weighted by atomic mass is 32.2. The molecule has 0 saturated carbocycles. The lowest BCUT2D eigenvalue weighted by atomic mass is 9.98. The molecule has 3 aromatic carbocycles. The number of nitro benzene ring substituents is 2. The third-order valence-electron chi connectivity index (χ3n) is 5.81. The number of carbonyl (C=O) groups excluding carboxylic acids is 1. The molecule has 1 amide bonds. The normalized spacial score (nSPS) is 15.1. The number of hydrogen-bond donors (Lipinski definition) is 1. The van der Waals surface area contributed by atoms with E-state index in [4.69, 9.17) is 4.74 Å². The lowest BCUT2D eigenvalue weighted by molar-refractivity contribution is -0.394. The summed E-state index contributed by atoms with van der Waals surface area (Å²) in [5.41, 5.74) is 0.809. The zero-order valence-corrected chi connectivity index (χ0v) is 20.9. The van der Waals surface area contributed by atoms with E-state index in [0.29, 0.717) is 29.5 Å². The molecular formula is C24H21N5O8S. The first kappa shape index (κ1) is 26.2. The molecule has 38 heavy (non-hydrogen) atoms. The van der Waals surface area contributed by atoms with Crippen LogP contribution in [0.3, 0.4) is 0 Å². The number of benzene rings is 3. The molecule has 14 heteroatoms. The van der Waals surface area contributed by atoms with Crippen molar-refractivity contribution >= 4 is 38.7 Å². The van der Waals surface area contributed by atoms with Gasteiger partial charge in [0.15, 0.2) is 0 Å². The highest BCUT2D eigenvalue weighted by Crippen LogP contribution is 2.34. The molecule has 1 unspecified atom stereocenters. The van der Waals surface area contributed by atoms with E-state index in [9.17, 15) is 33.4 Å². The van der Waals surface area contributed by atoms with Gasteiger partial charge in [-0.1, -0.05) is 24.3 Å². The number of nitro groups is 2. The van der Waals surface area contributed by atoms with Crippen molar-refractivity contribution in [3.05, 3.63) is 98.1 Å². The van der Waals surface area contributed by atoms with Crippen LogP contribution in [0.15, 0.2) is 76.7 Å². The van der Waals surface area contributed by atoms with Crippen LogP contribution in [0.1, 0.15) is 30.5 Å². The number of non-ortho nitro benzene ring substituents is 2. The Labute approximate surface area is 216 Å². The minimum Gasteiger partial charge on any atom is -0.497 e. The van der Waals surface area contributed by atoms with Gasteiger partial charge < -0.3 is 4.74 Å². The molecule has 196 valence electrons. The van der Waals surface area contributed by atoms with Gasteiger partial charge >= 0.3 is 0 Å². The van der Waals surface area contributed by atoms with Gasteiger partial charge in [-0.2, -0.15) is 5.10 Å². The zero-order chi connectivity index (χ0) is 27.6. The first-order valence-corrected chi connectivity index (χ1v) is 12.5. The fraction of sp³-hybridized carbons (Fsp3) is 0.167. The molecule has 13 nitrogen and oxygen atoms in total. The molecular weight excluding hydrogens is 518 g/mol. The maximum atomic E-state index is 12.8. The molecule has 1 N–H and O–H groups in total. The number of ether oxygens (including phenoxy) is 1. The van der Waals surface area contributed by atoms with Crippen LogP contribution in [-0.2, 0) is 14.8 Å². The zero-order valence-electron chi connectivity index (χ0n) is 20.1. The summed E-state index contributed by atoms with van der Waals surface area (Å²) in [4.78, 5) is 32.0. The Bertz CT molecular complexity index is 1520. The van der Waals surface area contributed by atoms with Crippen molar-refractivity contribution in [2.75, 3.05) is 11.8 Å². The van der Waals surface area contributed by atoms with E-state index in [1.807, 2.05) is 12.1 Å². The number of nitrogens with one attached hydrogen (secondary N) is 1. The van der Waals surface area contributed by atoms with Crippen molar-refractivity contribution in [1.29, 1.82) is 0 Å². The molecule has 0 saturated heterocycles. The Balaban J connectivity index is 1.56. The van der Waals surface area contributed by atoms with E-state index in [0.717, 1.165) is 17.7 Å². The second-order valence-corrected chi connectivity index (χ2v) is 9.97. The molecule has 0 radical (unpaired) electrons. The van der Waals surface area contributed by atoms with Gasteiger partial charge in [0.1, 0.15) is 10.6 Å². The smallest absolute Gasteiger partial charge is 0.277 e. The van der Waals surface area contributed by atoms with Crippen molar-refractivity contribution in [3.8, 4) is 5.75 Å². The van der Waals surface area contributed by atoms with E-state index in [1.54, 1.807) is 31.4 Å². The van der Waals surface area contributed by atoms with Gasteiger partial charge in [-0.05, 0) is 35.4 Å². The maximum Gasteiger partial charge on any atom is 0.277 e. The second kappa shape index (κ2) is 10.3. The average Bonchev–Trinajstić information content (AvgIpc) is 3.34. The van der Waals surface area contributed by atoms with Gasteiger partial charge in [0, 0.05) is 31.2 Å². The van der Waals surface area contributed by atoms with Crippen molar-refractivity contribution in [1.82, 2.24) is 5.01 Å². The quantitative estimate of drug-likeness (QED) is 0.330. The Morgan fingerprint density at radius 2 is 1.58 bits per heavy atom. The fourth-order valence-corrected chi connectivity index (χ4v) is 5.06. The summed E-state index contributed by atoms with van der Waals surface area (Å²) >= 11 is 0. The van der Waals surface area contributed by atoms with Crippen LogP contribution in [-0.4, -0.2) is 42.0 Å². The number of anilines is 1. The fourth-order valence-electron chi connectivity index (χ4n) is 3.94. The highest BCUT2D eigenvalue weighted by molar-refractivity contribution is 7.92. The minimum atomic E-state index is -4.38. The van der Waals surface area contributed by atoms with Crippen LogP contribution in [0, 0.1) is 20.2 Å². The van der Waals surface area contributed by atoms with Crippen LogP contribution < -0.4 is 9.46 Å². The van der Waals surface area contributed by atoms with Crippen molar-refractivity contribution in [3.63, 3.8) is 0 Å².